The number of ether oxygens (including phenoxy) is 1. The van der Waals surface area contributed by atoms with Gasteiger partial charge in [-0.1, -0.05) is 25.6 Å². The van der Waals surface area contributed by atoms with E-state index < -0.39 is 96.5 Å². The standard InChI is InChI=1S/C30H51N10O19P3S/c1-16(41)39-17(25(32)45)6-4-5-8-35-29(47)63-11-10-33-19(42)7-9-34-27(46)23(44)30(2,3)13-56-62(53,54)59-61(51,52)55-12-18-22(58-60(48,49)50)21(43)28(57-18)40-15-38-20-24(31)36-14-37-26(20)40/h14-15,17-18,21-23,28,43-44H,4-13H2,1-3H3,(H2,32,45)(H,33,42)(H,34,46)(H,35,47)(H,39,41)(H,51,52)(H,53,54)(H2,31,36,37)(H2,48,49,50)/t17-,18+,21+,22+,23-,28+/m0/s1. The number of hydrogen-bond donors (Lipinski definition) is 12. The molecule has 1 saturated heterocycles. The van der Waals surface area contributed by atoms with Crippen LogP contribution >= 0.6 is 35.2 Å². The molecule has 29 nitrogen and oxygen atoms in total. The lowest BCUT2D eigenvalue weighted by Gasteiger charge is -2.30. The molecule has 3 heterocycles. The number of aromatic nitrogens is 4. The fraction of sp³-hybridized carbons (Fsp3) is 0.667. The number of aliphatic hydroxyl groups is 2. The number of phosphoric acid groups is 3. The van der Waals surface area contributed by atoms with Crippen LogP contribution < -0.4 is 32.7 Å². The Hall–Kier alpha value is -3.70. The SMILES string of the molecule is CC(=O)N[C@@H](CCCCNC(=O)SCCNC(=O)CCNC(=O)[C@H](O)C(C)(C)COP(=O)(O)OP(=O)(O)OC[C@H]1O[C@@H](n2cnc3c(N)ncnc32)[C@H](O)[C@@H]1OP(=O)(O)O)C(N)=O. The molecule has 2 unspecified atom stereocenters. The van der Waals surface area contributed by atoms with E-state index in [4.69, 9.17) is 25.3 Å². The Labute approximate surface area is 362 Å². The third kappa shape index (κ3) is 17.7. The van der Waals surface area contributed by atoms with Crippen LogP contribution in [0.3, 0.4) is 0 Å². The number of nitrogens with zero attached hydrogens (tertiary/aromatic N) is 4. The van der Waals surface area contributed by atoms with Crippen LogP contribution in [0.5, 0.6) is 0 Å². The van der Waals surface area contributed by atoms with Crippen molar-refractivity contribution in [2.45, 2.75) is 83.1 Å². The summed E-state index contributed by atoms with van der Waals surface area (Å²) < 4.78 is 62.2. The smallest absolute Gasteiger partial charge is 0.386 e. The molecule has 0 bridgehead atoms. The Balaban J connectivity index is 1.39. The van der Waals surface area contributed by atoms with E-state index in [1.165, 1.54) is 20.8 Å². The number of unbranched alkanes of at least 4 members (excludes halogenated alkanes) is 1. The molecular weight excluding hydrogens is 929 g/mol. The number of anilines is 1. The van der Waals surface area contributed by atoms with Gasteiger partial charge in [-0.05, 0) is 19.3 Å². The number of thioether (sulfide) groups is 1. The van der Waals surface area contributed by atoms with Gasteiger partial charge in [0.1, 0.15) is 42.3 Å². The largest absolute Gasteiger partial charge is 0.481 e. The van der Waals surface area contributed by atoms with Gasteiger partial charge in [0.25, 0.3) is 5.24 Å². The van der Waals surface area contributed by atoms with Crippen LogP contribution in [-0.4, -0.2) is 147 Å². The summed E-state index contributed by atoms with van der Waals surface area (Å²) in [6, 6.07) is -0.798. The van der Waals surface area contributed by atoms with Crippen molar-refractivity contribution in [2.24, 2.45) is 11.1 Å². The summed E-state index contributed by atoms with van der Waals surface area (Å²) in [6.07, 6.45) is -5.75. The summed E-state index contributed by atoms with van der Waals surface area (Å²) in [5.74, 6) is -2.40. The molecule has 2 aromatic heterocycles. The van der Waals surface area contributed by atoms with E-state index in [1.807, 2.05) is 0 Å². The lowest BCUT2D eigenvalue weighted by Crippen LogP contribution is -2.46. The van der Waals surface area contributed by atoms with Crippen molar-refractivity contribution in [3.8, 4) is 0 Å². The average molecular weight is 981 g/mol. The van der Waals surface area contributed by atoms with Crippen molar-refractivity contribution in [3.05, 3.63) is 12.7 Å². The van der Waals surface area contributed by atoms with Crippen LogP contribution in [0.1, 0.15) is 52.7 Å². The van der Waals surface area contributed by atoms with Crippen molar-refractivity contribution in [3.63, 3.8) is 0 Å². The fourth-order valence-electron chi connectivity index (χ4n) is 5.52. The van der Waals surface area contributed by atoms with Crippen LogP contribution in [0, 0.1) is 5.41 Å². The molecule has 356 valence electrons. The van der Waals surface area contributed by atoms with Gasteiger partial charge in [-0.15, -0.1) is 0 Å². The van der Waals surface area contributed by atoms with Crippen LogP contribution in [-0.2, 0) is 55.5 Å². The summed E-state index contributed by atoms with van der Waals surface area (Å²) in [6.45, 7) is 1.81. The Bertz CT molecular complexity index is 2080. The Morgan fingerprint density at radius 2 is 1.67 bits per heavy atom. The number of amides is 5. The first-order valence-electron chi connectivity index (χ1n) is 18.6. The minimum Gasteiger partial charge on any atom is -0.386 e. The maximum Gasteiger partial charge on any atom is 0.481 e. The van der Waals surface area contributed by atoms with Crippen LogP contribution in [0.2, 0.25) is 0 Å². The molecule has 1 fully saturated rings. The topological polar surface area (TPSA) is 448 Å². The Kier molecular flexibility index (Phi) is 20.0. The van der Waals surface area contributed by atoms with Crippen molar-refractivity contribution in [1.82, 2.24) is 40.8 Å². The van der Waals surface area contributed by atoms with Gasteiger partial charge in [-0.25, -0.2) is 28.6 Å². The van der Waals surface area contributed by atoms with Gasteiger partial charge in [0.2, 0.25) is 23.6 Å². The van der Waals surface area contributed by atoms with E-state index in [1.54, 1.807) is 0 Å². The van der Waals surface area contributed by atoms with Crippen LogP contribution in [0.15, 0.2) is 12.7 Å². The Morgan fingerprint density at radius 1 is 0.984 bits per heavy atom. The number of nitrogens with two attached hydrogens (primary N) is 2. The summed E-state index contributed by atoms with van der Waals surface area (Å²) >= 11 is 0.906. The maximum atomic E-state index is 12.7. The number of imidazole rings is 1. The highest BCUT2D eigenvalue weighted by atomic mass is 32.2. The molecule has 2 aromatic rings. The summed E-state index contributed by atoms with van der Waals surface area (Å²) in [5, 5.41) is 31.1. The minimum atomic E-state index is -5.60. The Morgan fingerprint density at radius 3 is 2.32 bits per heavy atom. The van der Waals surface area contributed by atoms with Crippen molar-refractivity contribution < 1.29 is 90.1 Å². The second-order valence-corrected chi connectivity index (χ2v) is 19.6. The molecule has 3 rings (SSSR count). The highest BCUT2D eigenvalue weighted by Gasteiger charge is 2.50. The van der Waals surface area contributed by atoms with Gasteiger partial charge in [-0.2, -0.15) is 4.31 Å². The molecule has 0 spiro atoms. The van der Waals surface area contributed by atoms with Gasteiger partial charge in [0, 0.05) is 44.1 Å². The van der Waals surface area contributed by atoms with Crippen LogP contribution in [0.4, 0.5) is 10.6 Å². The minimum absolute atomic E-state index is 0.0179. The lowest BCUT2D eigenvalue weighted by molar-refractivity contribution is -0.137. The first-order valence-corrected chi connectivity index (χ1v) is 24.1. The fourth-order valence-corrected chi connectivity index (χ4v) is 8.94. The molecule has 0 aromatic carbocycles. The molecule has 1 aliphatic heterocycles. The van der Waals surface area contributed by atoms with Gasteiger partial charge in [0.05, 0.1) is 19.5 Å². The number of hydrogen-bond acceptors (Lipinski definition) is 20. The van der Waals surface area contributed by atoms with E-state index in [2.05, 4.69) is 45.1 Å². The average Bonchev–Trinajstić information content (AvgIpc) is 3.73. The summed E-state index contributed by atoms with van der Waals surface area (Å²) in [5.41, 5.74) is 9.45. The van der Waals surface area contributed by atoms with Crippen molar-refractivity contribution >= 4 is 81.1 Å². The first kappa shape index (κ1) is 53.6. The number of primary amides is 1. The van der Waals surface area contributed by atoms with E-state index in [9.17, 15) is 67.5 Å². The third-order valence-electron chi connectivity index (χ3n) is 8.64. The molecule has 0 radical (unpaired) electrons. The zero-order chi connectivity index (χ0) is 47.3. The predicted octanol–water partition coefficient (Wildman–Crippen LogP) is -1.99. The quantitative estimate of drug-likeness (QED) is 0.0358. The van der Waals surface area contributed by atoms with Crippen LogP contribution in [0.25, 0.3) is 11.2 Å². The second kappa shape index (κ2) is 23.5. The van der Waals surface area contributed by atoms with E-state index in [0.29, 0.717) is 25.8 Å². The zero-order valence-electron chi connectivity index (χ0n) is 33.9. The molecule has 63 heavy (non-hydrogen) atoms. The van der Waals surface area contributed by atoms with Gasteiger partial charge in [-0.3, -0.25) is 42.1 Å². The monoisotopic (exact) mass is 980 g/mol. The number of aliphatic hydroxyl groups excluding tert-OH is 2. The van der Waals surface area contributed by atoms with Crippen molar-refractivity contribution in [2.75, 3.05) is 44.3 Å². The predicted molar refractivity (Wildman–Crippen MR) is 216 cm³/mol. The number of carbonyl (C=O) groups is 5. The molecule has 0 saturated carbocycles. The third-order valence-corrected chi connectivity index (χ3v) is 12.6. The van der Waals surface area contributed by atoms with Crippen molar-refractivity contribution in [1.29, 1.82) is 0 Å². The zero-order valence-corrected chi connectivity index (χ0v) is 37.4. The van der Waals surface area contributed by atoms with E-state index in [0.717, 1.165) is 29.0 Å². The van der Waals surface area contributed by atoms with Gasteiger partial charge in [0.15, 0.2) is 17.7 Å². The number of carbonyl (C=O) groups excluding carboxylic acids is 5. The number of phosphoric ester groups is 3. The van der Waals surface area contributed by atoms with E-state index >= 15 is 0 Å². The number of fused-ring (bicyclic) bond motifs is 1. The highest BCUT2D eigenvalue weighted by molar-refractivity contribution is 8.13. The number of rotatable bonds is 26. The summed E-state index contributed by atoms with van der Waals surface area (Å²) in [4.78, 5) is 110. The molecule has 0 aliphatic carbocycles. The number of nitrogens with one attached hydrogen (secondary N) is 4. The molecule has 5 amide bonds. The summed E-state index contributed by atoms with van der Waals surface area (Å²) in [7, 11) is -16.5. The molecule has 8 atom stereocenters. The second-order valence-electron chi connectivity index (χ2n) is 14.3. The highest BCUT2D eigenvalue weighted by Crippen LogP contribution is 2.61. The molecular formula is C30H51N10O19P3S. The van der Waals surface area contributed by atoms with Gasteiger partial charge < -0.3 is 67.3 Å². The maximum absolute atomic E-state index is 12.7. The lowest BCUT2D eigenvalue weighted by atomic mass is 9.87. The normalized spacial score (nSPS) is 20.8. The van der Waals surface area contributed by atoms with Gasteiger partial charge >= 0.3 is 23.5 Å². The van der Waals surface area contributed by atoms with E-state index in [-0.39, 0.29) is 53.4 Å². The molecule has 33 heteroatoms. The molecule has 14 N–H and O–H groups in total. The molecule has 1 aliphatic rings. The number of nitrogen functional groups attached to an aromatic ring is 1. The first-order chi connectivity index (χ1) is 29.2.